The molecule has 0 atom stereocenters. The highest BCUT2D eigenvalue weighted by molar-refractivity contribution is 5.95. The minimum Gasteiger partial charge on any atom is -0.508 e. The Hall–Kier alpha value is -3.67. The Morgan fingerprint density at radius 1 is 1.04 bits per heavy atom. The summed E-state index contributed by atoms with van der Waals surface area (Å²) in [4.78, 5) is 14.5. The van der Waals surface area contributed by atoms with E-state index in [1.165, 1.54) is 18.3 Å². The zero-order valence-electron chi connectivity index (χ0n) is 15.0. The van der Waals surface area contributed by atoms with Crippen LogP contribution in [-0.2, 0) is 13.1 Å². The van der Waals surface area contributed by atoms with Crippen LogP contribution in [0.25, 0.3) is 0 Å². The molecule has 5 nitrogen and oxygen atoms in total. The molecular weight excluding hydrogens is 357 g/mol. The summed E-state index contributed by atoms with van der Waals surface area (Å²) in [6.45, 7) is 1.38. The van der Waals surface area contributed by atoms with Gasteiger partial charge in [0.25, 0.3) is 5.91 Å². The summed E-state index contributed by atoms with van der Waals surface area (Å²) in [7, 11) is 0. The summed E-state index contributed by atoms with van der Waals surface area (Å²) in [6.07, 6.45) is 1.47. The van der Waals surface area contributed by atoms with E-state index < -0.39 is 0 Å². The van der Waals surface area contributed by atoms with Gasteiger partial charge in [-0.3, -0.25) is 4.79 Å². The highest BCUT2D eigenvalue weighted by Gasteiger charge is 2.20. The lowest BCUT2D eigenvalue weighted by atomic mass is 10.1. The molecule has 0 saturated carbocycles. The Morgan fingerprint density at radius 2 is 1.82 bits per heavy atom. The molecule has 140 valence electrons. The Bertz CT molecular complexity index is 1050. The predicted octanol–water partition coefficient (Wildman–Crippen LogP) is 3.82. The topological polar surface area (TPSA) is 64.9 Å². The van der Waals surface area contributed by atoms with Gasteiger partial charge in [0, 0.05) is 24.3 Å². The fourth-order valence-corrected chi connectivity index (χ4v) is 3.21. The second-order valence-corrected chi connectivity index (χ2v) is 6.61. The molecule has 3 aromatic carbocycles. The first kappa shape index (κ1) is 17.7. The molecule has 6 heteroatoms. The van der Waals surface area contributed by atoms with Crippen molar-refractivity contribution in [3.05, 3.63) is 94.8 Å². The van der Waals surface area contributed by atoms with Crippen LogP contribution in [0.5, 0.6) is 5.75 Å². The Kier molecular flexibility index (Phi) is 4.76. The molecule has 1 aliphatic rings. The molecular formula is C22H18FN3O2. The summed E-state index contributed by atoms with van der Waals surface area (Å²) in [5.74, 6) is -0.426. The van der Waals surface area contributed by atoms with Crippen molar-refractivity contribution in [3.63, 3.8) is 0 Å². The first-order valence-corrected chi connectivity index (χ1v) is 8.83. The number of benzene rings is 3. The molecule has 0 fully saturated rings. The number of amides is 1. The maximum atomic E-state index is 13.1. The average molecular weight is 375 g/mol. The van der Waals surface area contributed by atoms with Crippen LogP contribution < -0.4 is 10.3 Å². The van der Waals surface area contributed by atoms with Gasteiger partial charge in [0.1, 0.15) is 11.6 Å². The normalized spacial score (nSPS) is 13.0. The van der Waals surface area contributed by atoms with Crippen LogP contribution >= 0.6 is 0 Å². The molecule has 0 spiro atoms. The van der Waals surface area contributed by atoms with Gasteiger partial charge in [-0.25, -0.2) is 9.82 Å². The van der Waals surface area contributed by atoms with Crippen molar-refractivity contribution in [2.45, 2.75) is 13.1 Å². The Balaban J connectivity index is 1.43. The van der Waals surface area contributed by atoms with Crippen molar-refractivity contribution < 1.29 is 14.3 Å². The van der Waals surface area contributed by atoms with Crippen LogP contribution in [0, 0.1) is 5.82 Å². The lowest BCUT2D eigenvalue weighted by Crippen LogP contribution is -2.17. The van der Waals surface area contributed by atoms with E-state index in [-0.39, 0.29) is 17.5 Å². The second kappa shape index (κ2) is 7.52. The van der Waals surface area contributed by atoms with E-state index in [1.807, 2.05) is 12.1 Å². The van der Waals surface area contributed by atoms with E-state index >= 15 is 0 Å². The van der Waals surface area contributed by atoms with Crippen molar-refractivity contribution in [3.8, 4) is 5.75 Å². The summed E-state index contributed by atoms with van der Waals surface area (Å²) in [5.41, 5.74) is 6.86. The third-order valence-electron chi connectivity index (χ3n) is 4.63. The summed E-state index contributed by atoms with van der Waals surface area (Å²) < 4.78 is 13.1. The smallest absolute Gasteiger partial charge is 0.271 e. The van der Waals surface area contributed by atoms with Gasteiger partial charge in [-0.05, 0) is 65.2 Å². The molecule has 4 rings (SSSR count). The van der Waals surface area contributed by atoms with E-state index in [1.54, 1.807) is 42.5 Å². The molecule has 0 unspecified atom stereocenters. The van der Waals surface area contributed by atoms with Gasteiger partial charge in [-0.1, -0.05) is 18.2 Å². The van der Waals surface area contributed by atoms with Crippen LogP contribution in [0.15, 0.2) is 71.8 Å². The van der Waals surface area contributed by atoms with E-state index in [0.717, 1.165) is 23.4 Å². The number of hydrogen-bond acceptors (Lipinski definition) is 4. The molecule has 3 aromatic rings. The maximum absolute atomic E-state index is 13.1. The number of nitrogens with one attached hydrogen (secondary N) is 1. The van der Waals surface area contributed by atoms with Crippen molar-refractivity contribution in [1.29, 1.82) is 0 Å². The lowest BCUT2D eigenvalue weighted by molar-refractivity contribution is 0.0955. The van der Waals surface area contributed by atoms with E-state index in [0.29, 0.717) is 17.7 Å². The number of hydrazone groups is 1. The fraction of sp³-hybridized carbons (Fsp3) is 0.0909. The van der Waals surface area contributed by atoms with Gasteiger partial charge in [-0.2, -0.15) is 5.10 Å². The number of aromatic hydroxyl groups is 1. The molecule has 0 radical (unpaired) electrons. The van der Waals surface area contributed by atoms with Gasteiger partial charge in [0.2, 0.25) is 0 Å². The molecule has 0 aliphatic carbocycles. The Morgan fingerprint density at radius 3 is 2.61 bits per heavy atom. The minimum absolute atomic E-state index is 0.139. The molecule has 1 amide bonds. The summed E-state index contributed by atoms with van der Waals surface area (Å²) in [5, 5.41) is 13.4. The Labute approximate surface area is 161 Å². The van der Waals surface area contributed by atoms with Gasteiger partial charge in [0.05, 0.1) is 6.21 Å². The van der Waals surface area contributed by atoms with E-state index in [9.17, 15) is 14.3 Å². The zero-order chi connectivity index (χ0) is 19.5. The molecule has 0 aromatic heterocycles. The third kappa shape index (κ3) is 3.86. The third-order valence-corrected chi connectivity index (χ3v) is 4.63. The van der Waals surface area contributed by atoms with Gasteiger partial charge < -0.3 is 10.0 Å². The van der Waals surface area contributed by atoms with Crippen molar-refractivity contribution >= 4 is 17.8 Å². The number of carbonyl (C=O) groups excluding carboxylic acids is 1. The molecule has 2 N–H and O–H groups in total. The number of anilines is 1. The van der Waals surface area contributed by atoms with E-state index in [2.05, 4.69) is 15.4 Å². The highest BCUT2D eigenvalue weighted by atomic mass is 19.1. The van der Waals surface area contributed by atoms with Crippen LogP contribution in [0.2, 0.25) is 0 Å². The first-order valence-electron chi connectivity index (χ1n) is 8.83. The van der Waals surface area contributed by atoms with Gasteiger partial charge in [0.15, 0.2) is 0 Å². The largest absolute Gasteiger partial charge is 0.508 e. The van der Waals surface area contributed by atoms with Crippen LogP contribution in [-0.4, -0.2) is 17.2 Å². The summed E-state index contributed by atoms with van der Waals surface area (Å²) >= 11 is 0. The monoisotopic (exact) mass is 375 g/mol. The quantitative estimate of drug-likeness (QED) is 0.538. The van der Waals surface area contributed by atoms with Crippen molar-refractivity contribution in [2.75, 3.05) is 4.90 Å². The number of phenolic OH excluding ortho intramolecular Hbond substituents is 1. The molecule has 28 heavy (non-hydrogen) atoms. The van der Waals surface area contributed by atoms with Crippen LogP contribution in [0.4, 0.5) is 10.1 Å². The molecule has 1 heterocycles. The standard InChI is InChI=1S/C22H18FN3O2/c23-19-6-8-20(9-7-19)26-13-17-5-4-16(11-18(17)14-26)22(28)25-24-12-15-2-1-3-21(27)10-15/h1-12,27H,13-14H2,(H,25,28)/b24-12+. The highest BCUT2D eigenvalue weighted by Crippen LogP contribution is 2.29. The molecule has 0 bridgehead atoms. The van der Waals surface area contributed by atoms with E-state index in [4.69, 9.17) is 0 Å². The van der Waals surface area contributed by atoms with Crippen LogP contribution in [0.1, 0.15) is 27.0 Å². The predicted molar refractivity (Wildman–Crippen MR) is 106 cm³/mol. The van der Waals surface area contributed by atoms with Gasteiger partial charge in [-0.15, -0.1) is 0 Å². The minimum atomic E-state index is -0.306. The number of phenols is 1. The summed E-state index contributed by atoms with van der Waals surface area (Å²) in [6, 6.07) is 18.6. The van der Waals surface area contributed by atoms with Crippen molar-refractivity contribution in [2.24, 2.45) is 5.10 Å². The SMILES string of the molecule is O=C(N/N=C/c1cccc(O)c1)c1ccc2c(c1)CN(c1ccc(F)cc1)C2. The number of carbonyl (C=O) groups is 1. The average Bonchev–Trinajstić information content (AvgIpc) is 3.12. The molecule has 0 saturated heterocycles. The number of hydrogen-bond donors (Lipinski definition) is 2. The zero-order valence-corrected chi connectivity index (χ0v) is 15.0. The molecule has 1 aliphatic heterocycles. The van der Waals surface area contributed by atoms with Crippen LogP contribution in [0.3, 0.4) is 0 Å². The number of nitrogens with zero attached hydrogens (tertiary/aromatic N) is 2. The van der Waals surface area contributed by atoms with Crippen molar-refractivity contribution in [1.82, 2.24) is 5.43 Å². The lowest BCUT2D eigenvalue weighted by Gasteiger charge is -2.17. The number of rotatable bonds is 4. The fourth-order valence-electron chi connectivity index (χ4n) is 3.21. The first-order chi connectivity index (χ1) is 13.6. The maximum Gasteiger partial charge on any atom is 0.271 e. The second-order valence-electron chi connectivity index (χ2n) is 6.61. The number of halogens is 1. The number of fused-ring (bicyclic) bond motifs is 1. The van der Waals surface area contributed by atoms with Gasteiger partial charge >= 0.3 is 0 Å².